The van der Waals surface area contributed by atoms with Crippen LogP contribution in [-0.2, 0) is 6.61 Å². The van der Waals surface area contributed by atoms with Crippen molar-refractivity contribution in [2.45, 2.75) is 51.6 Å². The van der Waals surface area contributed by atoms with E-state index in [9.17, 15) is 0 Å². The third kappa shape index (κ3) is 5.33. The van der Waals surface area contributed by atoms with Gasteiger partial charge in [-0.2, -0.15) is 0 Å². The first-order chi connectivity index (χ1) is 17.2. The molecule has 3 N–H and O–H groups in total. The van der Waals surface area contributed by atoms with Gasteiger partial charge in [-0.05, 0) is 68.8 Å². The Morgan fingerprint density at radius 1 is 1.06 bits per heavy atom. The fraction of sp³-hybridized carbons (Fsp3) is 0.379. The van der Waals surface area contributed by atoms with Gasteiger partial charge in [0.1, 0.15) is 35.2 Å². The Labute approximate surface area is 207 Å². The summed E-state index contributed by atoms with van der Waals surface area (Å²) in [4.78, 5) is 9.56. The maximum Gasteiger partial charge on any atom is 0.150 e. The molecule has 0 amide bonds. The summed E-state index contributed by atoms with van der Waals surface area (Å²) in [6.45, 7) is 4.98. The number of ether oxygens (including phenoxy) is 1. The van der Waals surface area contributed by atoms with E-state index in [1.165, 1.54) is 19.3 Å². The minimum atomic E-state index is 0.429. The average molecular weight is 470 g/mol. The van der Waals surface area contributed by atoms with Crippen molar-refractivity contribution >= 4 is 11.3 Å². The molecular weight excluding hydrogens is 434 g/mol. The number of nitrogen functional groups attached to an aromatic ring is 1. The maximum atomic E-state index is 6.39. The number of imidazole rings is 1. The molecule has 35 heavy (non-hydrogen) atoms. The summed E-state index contributed by atoms with van der Waals surface area (Å²) in [6.07, 6.45) is 9.73. The van der Waals surface area contributed by atoms with Gasteiger partial charge >= 0.3 is 0 Å². The Balaban J connectivity index is 1.39. The standard InChI is InChI=1S/C29H35N5O/c1-2-15-31-19-21-11-13-23(14-12-21)29-33-26(27-28(30)32-16-17-34(27)29)24-9-6-10-25(18-24)35-20-22-7-4-3-5-8-22/h3-10,16-18,21,23,31H,2,11-15,19-20H2,1H3,(H2,30,32). The van der Waals surface area contributed by atoms with Crippen molar-refractivity contribution in [3.63, 3.8) is 0 Å². The average Bonchev–Trinajstić information content (AvgIpc) is 3.30. The van der Waals surface area contributed by atoms with Gasteiger partial charge < -0.3 is 15.8 Å². The first kappa shape index (κ1) is 23.4. The lowest BCUT2D eigenvalue weighted by Gasteiger charge is -2.28. The lowest BCUT2D eigenvalue weighted by Crippen LogP contribution is -2.27. The van der Waals surface area contributed by atoms with Gasteiger partial charge in [-0.1, -0.05) is 49.4 Å². The van der Waals surface area contributed by atoms with E-state index in [0.717, 1.165) is 65.8 Å². The molecule has 2 aromatic heterocycles. The lowest BCUT2D eigenvalue weighted by atomic mass is 9.81. The van der Waals surface area contributed by atoms with E-state index < -0.39 is 0 Å². The molecule has 1 saturated carbocycles. The summed E-state index contributed by atoms with van der Waals surface area (Å²) in [5.74, 6) is 3.61. The second-order valence-corrected chi connectivity index (χ2v) is 9.57. The first-order valence-corrected chi connectivity index (χ1v) is 12.8. The normalized spacial score (nSPS) is 18.1. The lowest BCUT2D eigenvalue weighted by molar-refractivity contribution is 0.306. The fourth-order valence-electron chi connectivity index (χ4n) is 5.16. The van der Waals surface area contributed by atoms with Crippen LogP contribution >= 0.6 is 0 Å². The highest BCUT2D eigenvalue weighted by Crippen LogP contribution is 2.38. The van der Waals surface area contributed by atoms with E-state index in [4.69, 9.17) is 15.5 Å². The van der Waals surface area contributed by atoms with Gasteiger partial charge in [-0.3, -0.25) is 4.40 Å². The number of benzene rings is 2. The Kier molecular flexibility index (Phi) is 7.28. The van der Waals surface area contributed by atoms with E-state index in [1.54, 1.807) is 6.20 Å². The number of nitrogens with one attached hydrogen (secondary N) is 1. The van der Waals surface area contributed by atoms with E-state index >= 15 is 0 Å². The molecule has 2 aromatic carbocycles. The predicted molar refractivity (Wildman–Crippen MR) is 141 cm³/mol. The third-order valence-corrected chi connectivity index (χ3v) is 7.04. The number of nitrogens with zero attached hydrogens (tertiary/aromatic N) is 3. The minimum absolute atomic E-state index is 0.429. The Morgan fingerprint density at radius 3 is 2.69 bits per heavy atom. The number of anilines is 1. The smallest absolute Gasteiger partial charge is 0.150 e. The van der Waals surface area contributed by atoms with Crippen LogP contribution in [0.2, 0.25) is 0 Å². The number of aromatic nitrogens is 3. The van der Waals surface area contributed by atoms with E-state index in [0.29, 0.717) is 18.3 Å². The molecule has 0 radical (unpaired) electrons. The predicted octanol–water partition coefficient (Wildman–Crippen LogP) is 5.83. The molecule has 182 valence electrons. The van der Waals surface area contributed by atoms with Crippen LogP contribution in [0.15, 0.2) is 67.0 Å². The van der Waals surface area contributed by atoms with Crippen LogP contribution in [0.1, 0.15) is 56.3 Å². The SMILES string of the molecule is CCCNCC1CCC(c2nc(-c3cccc(OCc4ccccc4)c3)c3c(N)nccn23)CC1. The number of nitrogens with two attached hydrogens (primary N) is 1. The van der Waals surface area contributed by atoms with Crippen LogP contribution in [0.4, 0.5) is 5.82 Å². The van der Waals surface area contributed by atoms with Crippen molar-refractivity contribution in [1.29, 1.82) is 0 Å². The topological polar surface area (TPSA) is 77.5 Å². The van der Waals surface area contributed by atoms with Gasteiger partial charge in [0, 0.05) is 23.9 Å². The van der Waals surface area contributed by atoms with Gasteiger partial charge in [0.05, 0.1) is 0 Å². The summed E-state index contributed by atoms with van der Waals surface area (Å²) in [5.41, 5.74) is 10.3. The molecular formula is C29H35N5O. The number of fused-ring (bicyclic) bond motifs is 1. The summed E-state index contributed by atoms with van der Waals surface area (Å²) < 4.78 is 8.25. The summed E-state index contributed by atoms with van der Waals surface area (Å²) in [5, 5.41) is 3.59. The van der Waals surface area contributed by atoms with E-state index in [1.807, 2.05) is 36.5 Å². The van der Waals surface area contributed by atoms with E-state index in [2.05, 4.69) is 45.9 Å². The summed E-state index contributed by atoms with van der Waals surface area (Å²) in [6, 6.07) is 18.3. The number of rotatable bonds is 9. The molecule has 1 fully saturated rings. The van der Waals surface area contributed by atoms with Crippen molar-refractivity contribution < 1.29 is 4.74 Å². The highest BCUT2D eigenvalue weighted by molar-refractivity contribution is 5.85. The monoisotopic (exact) mass is 469 g/mol. The molecule has 0 bridgehead atoms. The highest BCUT2D eigenvalue weighted by atomic mass is 16.5. The molecule has 6 nitrogen and oxygen atoms in total. The molecule has 0 saturated heterocycles. The molecule has 2 heterocycles. The molecule has 1 aliphatic carbocycles. The van der Waals surface area contributed by atoms with Crippen molar-refractivity contribution in [3.05, 3.63) is 78.4 Å². The fourth-order valence-corrected chi connectivity index (χ4v) is 5.16. The molecule has 0 spiro atoms. The molecule has 5 rings (SSSR count). The molecule has 0 atom stereocenters. The van der Waals surface area contributed by atoms with Crippen LogP contribution in [-0.4, -0.2) is 27.5 Å². The zero-order chi connectivity index (χ0) is 24.0. The zero-order valence-electron chi connectivity index (χ0n) is 20.5. The quantitative estimate of drug-likeness (QED) is 0.302. The van der Waals surface area contributed by atoms with Crippen LogP contribution in [0, 0.1) is 5.92 Å². The van der Waals surface area contributed by atoms with Crippen molar-refractivity contribution in [1.82, 2.24) is 19.7 Å². The van der Waals surface area contributed by atoms with Crippen LogP contribution in [0.5, 0.6) is 5.75 Å². The molecule has 0 unspecified atom stereocenters. The van der Waals surface area contributed by atoms with Crippen molar-refractivity contribution in [3.8, 4) is 17.0 Å². The summed E-state index contributed by atoms with van der Waals surface area (Å²) in [7, 11) is 0. The van der Waals surface area contributed by atoms with Gasteiger partial charge in [0.25, 0.3) is 0 Å². The highest BCUT2D eigenvalue weighted by Gasteiger charge is 2.27. The number of hydrogen-bond donors (Lipinski definition) is 2. The Bertz CT molecular complexity index is 1240. The molecule has 4 aromatic rings. The van der Waals surface area contributed by atoms with Crippen LogP contribution in [0.3, 0.4) is 0 Å². The largest absolute Gasteiger partial charge is 0.489 e. The van der Waals surface area contributed by atoms with Crippen LogP contribution in [0.25, 0.3) is 16.8 Å². The molecule has 1 aliphatic rings. The Hall–Kier alpha value is -3.38. The summed E-state index contributed by atoms with van der Waals surface area (Å²) >= 11 is 0. The number of hydrogen-bond acceptors (Lipinski definition) is 5. The van der Waals surface area contributed by atoms with Crippen molar-refractivity contribution in [2.75, 3.05) is 18.8 Å². The Morgan fingerprint density at radius 2 is 1.89 bits per heavy atom. The van der Waals surface area contributed by atoms with Gasteiger partial charge in [0.15, 0.2) is 0 Å². The zero-order valence-corrected chi connectivity index (χ0v) is 20.5. The second-order valence-electron chi connectivity index (χ2n) is 9.57. The van der Waals surface area contributed by atoms with E-state index in [-0.39, 0.29) is 0 Å². The molecule has 0 aliphatic heterocycles. The first-order valence-electron chi connectivity index (χ1n) is 12.8. The minimum Gasteiger partial charge on any atom is -0.489 e. The second kappa shape index (κ2) is 10.9. The van der Waals surface area contributed by atoms with Gasteiger partial charge in [-0.25, -0.2) is 9.97 Å². The maximum absolute atomic E-state index is 6.39. The van der Waals surface area contributed by atoms with Crippen molar-refractivity contribution in [2.24, 2.45) is 5.92 Å². The molecule has 6 heteroatoms. The van der Waals surface area contributed by atoms with Gasteiger partial charge in [-0.15, -0.1) is 0 Å². The third-order valence-electron chi connectivity index (χ3n) is 7.04. The van der Waals surface area contributed by atoms with Crippen LogP contribution < -0.4 is 15.8 Å². The van der Waals surface area contributed by atoms with Gasteiger partial charge in [0.2, 0.25) is 0 Å².